The lowest BCUT2D eigenvalue weighted by Crippen LogP contribution is -2.48. The fourth-order valence-corrected chi connectivity index (χ4v) is 4.96. The number of nitrogens with zero attached hydrogens (tertiary/aromatic N) is 3. The summed E-state index contributed by atoms with van der Waals surface area (Å²) in [5.74, 6) is -0.242. The van der Waals surface area contributed by atoms with Crippen LogP contribution >= 0.6 is 0 Å². The molecule has 11 heteroatoms. The highest BCUT2D eigenvalue weighted by Gasteiger charge is 2.31. The molecule has 2 aromatic rings. The van der Waals surface area contributed by atoms with Gasteiger partial charge in [0.2, 0.25) is 0 Å². The van der Waals surface area contributed by atoms with Gasteiger partial charge in [-0.1, -0.05) is 6.92 Å². The van der Waals surface area contributed by atoms with Crippen molar-refractivity contribution >= 4 is 23.5 Å². The first-order chi connectivity index (χ1) is 20.5. The Bertz CT molecular complexity index is 1210. The molecule has 43 heavy (non-hydrogen) atoms. The summed E-state index contributed by atoms with van der Waals surface area (Å²) >= 11 is 0. The van der Waals surface area contributed by atoms with Gasteiger partial charge in [-0.2, -0.15) is 0 Å². The summed E-state index contributed by atoms with van der Waals surface area (Å²) in [6.45, 7) is 10.3. The minimum Gasteiger partial charge on any atom is -0.490 e. The number of benzene rings is 1. The van der Waals surface area contributed by atoms with Crippen LogP contribution in [0.2, 0.25) is 0 Å². The number of anilines is 1. The fraction of sp³-hybridized carbons (Fsp3) is 0.562. The first-order valence-electron chi connectivity index (χ1n) is 15.1. The summed E-state index contributed by atoms with van der Waals surface area (Å²) in [4.78, 5) is 46.9. The largest absolute Gasteiger partial charge is 0.490 e. The SMILES string of the molecule is CC(C)NC(=O)Nc1ccc2c(c1)C(=O)N([C@@H](C)CO)C[C@H](C)[C@H](CN(C)C(=O)c1ccncc1)OCCCC[C@H](C)O2. The van der Waals surface area contributed by atoms with Crippen molar-refractivity contribution in [1.29, 1.82) is 0 Å². The number of nitrogens with one attached hydrogen (secondary N) is 2. The van der Waals surface area contributed by atoms with Gasteiger partial charge in [-0.15, -0.1) is 0 Å². The Morgan fingerprint density at radius 3 is 2.53 bits per heavy atom. The summed E-state index contributed by atoms with van der Waals surface area (Å²) in [5.41, 5.74) is 1.28. The summed E-state index contributed by atoms with van der Waals surface area (Å²) in [7, 11) is 1.74. The van der Waals surface area contributed by atoms with Gasteiger partial charge in [0.25, 0.3) is 11.8 Å². The minimum atomic E-state index is -0.509. The second-order valence-electron chi connectivity index (χ2n) is 11.7. The van der Waals surface area contributed by atoms with E-state index in [2.05, 4.69) is 15.6 Å². The van der Waals surface area contributed by atoms with E-state index in [-0.39, 0.29) is 55.2 Å². The lowest BCUT2D eigenvalue weighted by atomic mass is 10.0. The van der Waals surface area contributed by atoms with Gasteiger partial charge in [0, 0.05) is 62.3 Å². The van der Waals surface area contributed by atoms with Gasteiger partial charge < -0.3 is 35.0 Å². The van der Waals surface area contributed by atoms with Crippen LogP contribution in [0.4, 0.5) is 10.5 Å². The number of carbonyl (C=O) groups excluding carboxylic acids is 3. The molecule has 1 aliphatic rings. The second-order valence-corrected chi connectivity index (χ2v) is 11.7. The number of rotatable bonds is 7. The Morgan fingerprint density at radius 2 is 1.86 bits per heavy atom. The zero-order valence-electron chi connectivity index (χ0n) is 26.2. The van der Waals surface area contributed by atoms with E-state index in [1.165, 1.54) is 0 Å². The van der Waals surface area contributed by atoms with Crippen molar-refractivity contribution in [3.05, 3.63) is 53.9 Å². The molecule has 0 fully saturated rings. The zero-order valence-corrected chi connectivity index (χ0v) is 26.2. The molecule has 0 spiro atoms. The number of hydrogen-bond donors (Lipinski definition) is 3. The Hall–Kier alpha value is -3.70. The van der Waals surface area contributed by atoms with Crippen LogP contribution in [0.5, 0.6) is 5.75 Å². The maximum absolute atomic E-state index is 14.2. The molecule has 4 atom stereocenters. The Morgan fingerprint density at radius 1 is 1.14 bits per heavy atom. The van der Waals surface area contributed by atoms with Crippen LogP contribution in [0.3, 0.4) is 0 Å². The van der Waals surface area contributed by atoms with Crippen molar-refractivity contribution in [2.24, 2.45) is 5.92 Å². The number of likely N-dealkylation sites (N-methyl/N-ethyl adjacent to an activating group) is 1. The lowest BCUT2D eigenvalue weighted by Gasteiger charge is -2.36. The normalized spacial score (nSPS) is 20.8. The number of carbonyl (C=O) groups is 3. The van der Waals surface area contributed by atoms with E-state index >= 15 is 0 Å². The van der Waals surface area contributed by atoms with Crippen molar-refractivity contribution in [1.82, 2.24) is 20.1 Å². The van der Waals surface area contributed by atoms with Crippen LogP contribution in [-0.4, -0.2) is 95.4 Å². The molecule has 0 bridgehead atoms. The first kappa shape index (κ1) is 33.8. The second kappa shape index (κ2) is 16.2. The molecule has 3 rings (SSSR count). The van der Waals surface area contributed by atoms with Crippen LogP contribution < -0.4 is 15.4 Å². The molecule has 0 aliphatic carbocycles. The number of ether oxygens (including phenoxy) is 2. The fourth-order valence-electron chi connectivity index (χ4n) is 4.96. The summed E-state index contributed by atoms with van der Waals surface area (Å²) in [5, 5.41) is 15.7. The van der Waals surface area contributed by atoms with E-state index in [4.69, 9.17) is 9.47 Å². The van der Waals surface area contributed by atoms with Crippen molar-refractivity contribution in [2.45, 2.75) is 78.2 Å². The first-order valence-corrected chi connectivity index (χ1v) is 15.1. The molecule has 2 heterocycles. The number of aromatic nitrogens is 1. The van der Waals surface area contributed by atoms with Gasteiger partial charge in [0.15, 0.2) is 0 Å². The van der Waals surface area contributed by atoms with Gasteiger partial charge in [-0.05, 0) is 77.3 Å². The number of urea groups is 1. The molecule has 236 valence electrons. The van der Waals surface area contributed by atoms with Crippen LogP contribution in [-0.2, 0) is 4.74 Å². The Balaban J connectivity index is 1.93. The van der Waals surface area contributed by atoms with E-state index in [0.717, 1.165) is 19.3 Å². The standard InChI is InChI=1S/C32H47N5O6/c1-21(2)34-32(41)35-26-10-11-28-27(17-26)31(40)37(23(4)20-38)18-22(3)29(42-16-8-7-9-24(5)43-28)19-36(6)30(39)25-12-14-33-15-13-25/h10-15,17,21-24,29,38H,7-9,16,18-20H2,1-6H3,(H2,34,35,41)/t22-,23-,24-,29-/m0/s1. The van der Waals surface area contributed by atoms with Gasteiger partial charge >= 0.3 is 6.03 Å². The van der Waals surface area contributed by atoms with Crippen molar-refractivity contribution in [3.63, 3.8) is 0 Å². The van der Waals surface area contributed by atoms with E-state index in [9.17, 15) is 19.5 Å². The number of hydrogen-bond acceptors (Lipinski definition) is 7. The Labute approximate surface area is 254 Å². The molecule has 4 amide bonds. The van der Waals surface area contributed by atoms with Crippen molar-refractivity contribution < 1.29 is 29.0 Å². The van der Waals surface area contributed by atoms with Gasteiger partial charge in [0.1, 0.15) is 5.75 Å². The van der Waals surface area contributed by atoms with E-state index in [1.54, 1.807) is 66.5 Å². The zero-order chi connectivity index (χ0) is 31.5. The maximum atomic E-state index is 14.2. The summed E-state index contributed by atoms with van der Waals surface area (Å²) < 4.78 is 12.6. The molecule has 0 radical (unpaired) electrons. The quantitative estimate of drug-likeness (QED) is 0.436. The van der Waals surface area contributed by atoms with Crippen LogP contribution in [0.25, 0.3) is 0 Å². The minimum absolute atomic E-state index is 0.0558. The van der Waals surface area contributed by atoms with Gasteiger partial charge in [-0.25, -0.2) is 4.79 Å². The molecule has 1 aromatic heterocycles. The number of aliphatic hydroxyl groups excluding tert-OH is 1. The van der Waals surface area contributed by atoms with E-state index in [0.29, 0.717) is 35.7 Å². The predicted molar refractivity (Wildman–Crippen MR) is 165 cm³/mol. The molecule has 0 saturated carbocycles. The third kappa shape index (κ3) is 9.93. The number of amides is 4. The third-order valence-corrected chi connectivity index (χ3v) is 7.46. The summed E-state index contributed by atoms with van der Waals surface area (Å²) in [6.07, 6.45) is 5.07. The van der Waals surface area contributed by atoms with Crippen molar-refractivity contribution in [3.8, 4) is 5.75 Å². The van der Waals surface area contributed by atoms with Gasteiger partial charge in [0.05, 0.1) is 30.4 Å². The molecule has 3 N–H and O–H groups in total. The average molecular weight is 598 g/mol. The number of fused-ring (bicyclic) bond motifs is 1. The van der Waals surface area contributed by atoms with Crippen LogP contribution in [0.1, 0.15) is 74.6 Å². The third-order valence-electron chi connectivity index (χ3n) is 7.46. The van der Waals surface area contributed by atoms with E-state index in [1.807, 2.05) is 27.7 Å². The van der Waals surface area contributed by atoms with E-state index < -0.39 is 6.04 Å². The summed E-state index contributed by atoms with van der Waals surface area (Å²) in [6, 6.07) is 7.45. The molecular weight excluding hydrogens is 550 g/mol. The lowest BCUT2D eigenvalue weighted by molar-refractivity contribution is -0.0149. The molecule has 0 saturated heterocycles. The van der Waals surface area contributed by atoms with Crippen molar-refractivity contribution in [2.75, 3.05) is 38.7 Å². The van der Waals surface area contributed by atoms with Crippen LogP contribution in [0, 0.1) is 5.92 Å². The average Bonchev–Trinajstić information content (AvgIpc) is 2.98. The van der Waals surface area contributed by atoms with Gasteiger partial charge in [-0.3, -0.25) is 14.6 Å². The molecule has 1 aromatic carbocycles. The topological polar surface area (TPSA) is 133 Å². The van der Waals surface area contributed by atoms with Crippen LogP contribution in [0.15, 0.2) is 42.7 Å². The highest BCUT2D eigenvalue weighted by Crippen LogP contribution is 2.28. The monoisotopic (exact) mass is 597 g/mol. The smallest absolute Gasteiger partial charge is 0.319 e. The maximum Gasteiger partial charge on any atom is 0.319 e. The highest BCUT2D eigenvalue weighted by molar-refractivity contribution is 5.99. The molecule has 1 aliphatic heterocycles. The Kier molecular flexibility index (Phi) is 12.8. The number of aliphatic hydroxyl groups is 1. The predicted octanol–water partition coefficient (Wildman–Crippen LogP) is 4.18. The molecule has 0 unspecified atom stereocenters. The number of pyridine rings is 1. The highest BCUT2D eigenvalue weighted by atomic mass is 16.5. The molecule has 11 nitrogen and oxygen atoms in total. The molecular formula is C32H47N5O6.